The van der Waals surface area contributed by atoms with Crippen molar-refractivity contribution in [1.82, 2.24) is 0 Å². The molecule has 13 rings (SSSR count). The minimum atomic E-state index is -2.10. The van der Waals surface area contributed by atoms with Crippen molar-refractivity contribution < 1.29 is 0 Å². The van der Waals surface area contributed by atoms with E-state index in [9.17, 15) is 0 Å². The van der Waals surface area contributed by atoms with Gasteiger partial charge in [0.15, 0.2) is 0 Å². The molecule has 0 saturated carbocycles. The van der Waals surface area contributed by atoms with E-state index in [-0.39, 0.29) is 65.0 Å². The Hall–Kier alpha value is -1.90. The molecule has 5 aromatic carbocycles. The fraction of sp³-hybridized carbons (Fsp3) is 0.583. The Balaban J connectivity index is 1.22. The fourth-order valence-corrected chi connectivity index (χ4v) is 26.3. The van der Waals surface area contributed by atoms with E-state index in [0.29, 0.717) is 0 Å². The molecule has 0 saturated heterocycles. The molecule has 1 radical (unpaired) electrons. The van der Waals surface area contributed by atoms with E-state index in [2.05, 4.69) is 234 Å². The summed E-state index contributed by atoms with van der Waals surface area (Å²) in [6.07, 6.45) is 12.1. The summed E-state index contributed by atoms with van der Waals surface area (Å²) < 4.78 is 1.82. The van der Waals surface area contributed by atoms with Gasteiger partial charge in [-0.15, -0.1) is 0 Å². The minimum absolute atomic E-state index is 0.0326. The van der Waals surface area contributed by atoms with Gasteiger partial charge in [-0.2, -0.15) is 0 Å². The maximum atomic E-state index is 3.09. The second-order valence-electron chi connectivity index (χ2n) is 33.1. The van der Waals surface area contributed by atoms with E-state index < -0.39 is 7.73 Å². The summed E-state index contributed by atoms with van der Waals surface area (Å²) >= 11 is 6.18. The Labute approximate surface area is 481 Å². The molecule has 395 valence electrons. The number of rotatable bonds is 1. The third-order valence-electron chi connectivity index (χ3n) is 23.6. The summed E-state index contributed by atoms with van der Waals surface area (Å²) in [5, 5.41) is 0. The van der Waals surface area contributed by atoms with Crippen LogP contribution in [0.5, 0.6) is 0 Å². The van der Waals surface area contributed by atoms with Crippen LogP contribution in [-0.4, -0.2) is 7.73 Å². The van der Waals surface area contributed by atoms with Crippen LogP contribution >= 0.6 is 40.4 Å². The summed E-state index contributed by atoms with van der Waals surface area (Å²) in [4.78, 5) is 0. The Morgan fingerprint density at radius 3 is 0.640 bits per heavy atom. The quantitative estimate of drug-likeness (QED) is 0.116. The molecule has 75 heavy (non-hydrogen) atoms. The van der Waals surface area contributed by atoms with E-state index in [4.69, 9.17) is 0 Å². The molecule has 0 aromatic heterocycles. The van der Waals surface area contributed by atoms with Gasteiger partial charge in [0, 0.05) is 0 Å². The van der Waals surface area contributed by atoms with Gasteiger partial charge in [-0.05, 0) is 0 Å². The van der Waals surface area contributed by atoms with E-state index >= 15 is 0 Å². The first-order valence-corrected chi connectivity index (χ1v) is 43.4. The Bertz CT molecular complexity index is 3030. The van der Waals surface area contributed by atoms with Crippen LogP contribution < -0.4 is 4.40 Å². The van der Waals surface area contributed by atoms with Crippen LogP contribution in [0.25, 0.3) is 22.3 Å². The van der Waals surface area contributed by atoms with E-state index in [1.807, 2.05) is 4.40 Å². The molecule has 0 heterocycles. The summed E-state index contributed by atoms with van der Waals surface area (Å²) in [6.45, 7) is 51.6. The third kappa shape index (κ3) is 6.69. The van der Waals surface area contributed by atoms with Crippen molar-refractivity contribution in [3.63, 3.8) is 0 Å². The molecule has 0 fully saturated rings. The average molecular weight is 1280 g/mol. The molecule has 3 heteroatoms. The van der Waals surface area contributed by atoms with Gasteiger partial charge in [-0.25, -0.2) is 0 Å². The van der Waals surface area contributed by atoms with Crippen molar-refractivity contribution in [1.29, 1.82) is 0 Å². The van der Waals surface area contributed by atoms with Crippen LogP contribution in [0.15, 0.2) is 54.6 Å². The molecule has 8 aliphatic rings. The van der Waals surface area contributed by atoms with Gasteiger partial charge in [0.25, 0.3) is 0 Å². The van der Waals surface area contributed by atoms with Gasteiger partial charge in [0.1, 0.15) is 0 Å². The molecule has 8 aliphatic carbocycles. The van der Waals surface area contributed by atoms with E-state index in [1.165, 1.54) is 51.4 Å². The fourth-order valence-electron chi connectivity index (χ4n) is 18.5. The Morgan fingerprint density at radius 2 is 0.440 bits per heavy atom. The van der Waals surface area contributed by atoms with Crippen LogP contribution in [0.4, 0.5) is 0 Å². The van der Waals surface area contributed by atoms with Gasteiger partial charge in [-0.1, -0.05) is 0 Å². The van der Waals surface area contributed by atoms with Crippen LogP contribution in [-0.2, 0) is 65.0 Å². The number of fused-ring (bicyclic) bond motifs is 18. The van der Waals surface area contributed by atoms with Crippen LogP contribution in [0, 0.1) is 0 Å². The van der Waals surface area contributed by atoms with Crippen LogP contribution in [0.1, 0.15) is 292 Å². The van der Waals surface area contributed by atoms with Crippen molar-refractivity contribution in [2.24, 2.45) is 0 Å². The summed E-state index contributed by atoms with van der Waals surface area (Å²) in [5.74, 6) is 0. The Kier molecular flexibility index (Phi) is 10.6. The SMILES string of the molecule is CC1(C)CCC(C)(C)c2cc3c(cc21)-c1cc2c(cc1C31CC(C)(C)c3cc4c([c]([Ge]([I])[I])c31)C1(CC4(C)C)c3cc4c(cc3-c3cc5c(cc31)C(C)(C)CCC5(C)C)C(C)(C)CCC4(C)C)C(C)(C)CCC2(C)C. The second-order valence-corrected chi connectivity index (χ2v) is 57.2. The zero-order chi connectivity index (χ0) is 54.1. The molecule has 0 N–H and O–H groups in total. The van der Waals surface area contributed by atoms with Crippen LogP contribution in [0.3, 0.4) is 0 Å². The molecule has 0 bridgehead atoms. The van der Waals surface area contributed by atoms with E-state index in [1.54, 1.807) is 111 Å². The number of hydrogen-bond donors (Lipinski definition) is 0. The molecule has 0 atom stereocenters. The monoisotopic (exact) mass is 1280 g/mol. The first-order chi connectivity index (χ1) is 34.4. The zero-order valence-electron chi connectivity index (χ0n) is 50.0. The summed E-state index contributed by atoms with van der Waals surface area (Å²) in [5.41, 5.74) is 32.8. The van der Waals surface area contributed by atoms with Crippen molar-refractivity contribution >= 4 is 52.6 Å². The van der Waals surface area contributed by atoms with Crippen molar-refractivity contribution in [3.05, 3.63) is 144 Å². The summed E-state index contributed by atoms with van der Waals surface area (Å²) in [6, 6.07) is 25.6. The first kappa shape index (κ1) is 52.5. The van der Waals surface area contributed by atoms with E-state index in [0.717, 1.165) is 12.8 Å². The molecule has 0 unspecified atom stereocenters. The third-order valence-corrected chi connectivity index (χ3v) is 31.1. The topological polar surface area (TPSA) is 0 Å². The maximum absolute atomic E-state index is 3.09. The second kappa shape index (κ2) is 15.2. The number of benzene rings is 5. The average Bonchev–Trinajstić information content (AvgIpc) is 3.91. The van der Waals surface area contributed by atoms with Crippen molar-refractivity contribution in [2.45, 2.75) is 268 Å². The number of halogens is 2. The van der Waals surface area contributed by atoms with Gasteiger partial charge in [0.2, 0.25) is 0 Å². The van der Waals surface area contributed by atoms with Gasteiger partial charge < -0.3 is 0 Å². The molecular formula is C72H89GeI2. The molecular weight excluding hydrogens is 1190 g/mol. The van der Waals surface area contributed by atoms with Crippen molar-refractivity contribution in [3.8, 4) is 22.3 Å². The van der Waals surface area contributed by atoms with Crippen LogP contribution in [0.2, 0.25) is 0 Å². The summed E-state index contributed by atoms with van der Waals surface area (Å²) in [7, 11) is -2.10. The Morgan fingerprint density at radius 1 is 0.253 bits per heavy atom. The molecule has 5 aromatic rings. The molecule has 0 aliphatic heterocycles. The first-order valence-electron chi connectivity index (χ1n) is 29.6. The molecule has 2 spiro atoms. The van der Waals surface area contributed by atoms with Gasteiger partial charge in [0.05, 0.1) is 0 Å². The standard InChI is InChI=1S/C72H89GeI2/c1-61(2)21-25-65(9,10)52-33-44-40(29-48(52)61)41-30-49-53(66(11,12)26-22-62(49,3)4)34-45(41)71(44)38-69(17,18)56-37-57-59(60(58(56)71)73(74)75)72(39-70(57,19)20)46-35-54-50(63(5,6)23-27-67(54,13)14)31-42(46)43-32-51-55(36-47(43)72)68(15,16)28-24-64(51,7)8/h29-37H,21-28,38-39H2,1-20H3. The number of hydrogen-bond acceptors (Lipinski definition) is 0. The predicted octanol–water partition coefficient (Wildman–Crippen LogP) is 19.6. The van der Waals surface area contributed by atoms with Gasteiger partial charge in [-0.3, -0.25) is 0 Å². The zero-order valence-corrected chi connectivity index (χ0v) is 56.4. The molecule has 0 nitrogen and oxygen atoms in total. The van der Waals surface area contributed by atoms with Gasteiger partial charge >= 0.3 is 486 Å². The predicted molar refractivity (Wildman–Crippen MR) is 340 cm³/mol. The molecule has 0 amide bonds. The normalized spacial score (nSPS) is 25.8. The van der Waals surface area contributed by atoms with Crippen molar-refractivity contribution in [2.75, 3.05) is 0 Å².